The average molecular weight is 683 g/mol. The fourth-order valence-electron chi connectivity index (χ4n) is 6.63. The van der Waals surface area contributed by atoms with Crippen molar-refractivity contribution in [1.82, 2.24) is 24.6 Å². The fourth-order valence-corrected chi connectivity index (χ4v) is 6.63. The van der Waals surface area contributed by atoms with Gasteiger partial charge < -0.3 is 25.6 Å². The van der Waals surface area contributed by atoms with Gasteiger partial charge in [0.05, 0.1) is 30.9 Å². The number of ether oxygens (including phenoxy) is 2. The van der Waals surface area contributed by atoms with Gasteiger partial charge >= 0.3 is 12.7 Å². The largest absolute Gasteiger partial charge is 0.494 e. The number of carbonyl (C=O) groups is 2. The number of rotatable bonds is 9. The van der Waals surface area contributed by atoms with E-state index >= 15 is 0 Å². The molecule has 0 spiro atoms. The fraction of sp³-hybridized carbons (Fsp3) is 0.333. The van der Waals surface area contributed by atoms with Gasteiger partial charge in [0.15, 0.2) is 5.75 Å². The molecule has 11 nitrogen and oxygen atoms in total. The third-order valence-corrected chi connectivity index (χ3v) is 9.65. The minimum absolute atomic E-state index is 0.0220. The zero-order valence-corrected chi connectivity index (χ0v) is 25.6. The highest BCUT2D eigenvalue weighted by molar-refractivity contribution is 6.00. The number of aliphatic hydroxyl groups is 1. The molecule has 4 N–H and O–H groups in total. The molecule has 0 saturated heterocycles. The molecule has 0 radical (unpaired) electrons. The van der Waals surface area contributed by atoms with Crippen molar-refractivity contribution in [1.29, 1.82) is 0 Å². The predicted octanol–water partition coefficient (Wildman–Crippen LogP) is 4.86. The van der Waals surface area contributed by atoms with Crippen molar-refractivity contribution in [2.24, 2.45) is 5.73 Å². The smallest absolute Gasteiger partial charge is 0.424 e. The lowest BCUT2D eigenvalue weighted by Crippen LogP contribution is -2.51. The van der Waals surface area contributed by atoms with Crippen molar-refractivity contribution >= 4 is 33.6 Å². The van der Waals surface area contributed by atoms with Gasteiger partial charge in [-0.05, 0) is 48.6 Å². The van der Waals surface area contributed by atoms with Crippen LogP contribution in [0.25, 0.3) is 33.1 Å². The number of halogens is 5. The van der Waals surface area contributed by atoms with Crippen LogP contribution in [0.4, 0.5) is 22.0 Å². The summed E-state index contributed by atoms with van der Waals surface area (Å²) in [6.45, 7) is -4.28. The Morgan fingerprint density at radius 2 is 1.94 bits per heavy atom. The predicted molar refractivity (Wildman–Crippen MR) is 163 cm³/mol. The Morgan fingerprint density at radius 1 is 1.16 bits per heavy atom. The second-order valence-corrected chi connectivity index (χ2v) is 12.7. The number of pyridine rings is 1. The van der Waals surface area contributed by atoms with Crippen LogP contribution in [0.3, 0.4) is 0 Å². The lowest BCUT2D eigenvalue weighted by molar-refractivity contribution is -0.265. The quantitative estimate of drug-likeness (QED) is 0.188. The highest BCUT2D eigenvalue weighted by atomic mass is 19.4. The van der Waals surface area contributed by atoms with E-state index in [1.165, 1.54) is 49.7 Å². The van der Waals surface area contributed by atoms with E-state index < -0.39 is 53.9 Å². The third-order valence-electron chi connectivity index (χ3n) is 9.65. The molecular weight excluding hydrogens is 655 g/mol. The molecule has 16 heteroatoms. The molecule has 2 saturated carbocycles. The first kappa shape index (κ1) is 31.0. The number of nitrogens with zero attached hydrogens (tertiary/aromatic N) is 4. The first-order chi connectivity index (χ1) is 23.2. The lowest BCUT2D eigenvalue weighted by atomic mass is 9.89. The summed E-state index contributed by atoms with van der Waals surface area (Å²) in [7, 11) is 1.38. The van der Waals surface area contributed by atoms with Gasteiger partial charge in [0.25, 0.3) is 5.91 Å². The summed E-state index contributed by atoms with van der Waals surface area (Å²) in [5.41, 5.74) is -0.147. The summed E-state index contributed by atoms with van der Waals surface area (Å²) >= 11 is 0. The summed E-state index contributed by atoms with van der Waals surface area (Å²) in [6.07, 6.45) is -1.30. The van der Waals surface area contributed by atoms with Crippen molar-refractivity contribution in [2.45, 2.75) is 55.1 Å². The highest BCUT2D eigenvalue weighted by Crippen LogP contribution is 2.61. The zero-order valence-electron chi connectivity index (χ0n) is 25.6. The molecule has 2 aliphatic carbocycles. The van der Waals surface area contributed by atoms with Crippen LogP contribution in [-0.2, 0) is 15.8 Å². The van der Waals surface area contributed by atoms with Crippen molar-refractivity contribution in [3.05, 3.63) is 71.7 Å². The second-order valence-electron chi connectivity index (χ2n) is 12.7. The molecule has 3 aromatic heterocycles. The van der Waals surface area contributed by atoms with Gasteiger partial charge in [0.1, 0.15) is 28.5 Å². The first-order valence-corrected chi connectivity index (χ1v) is 15.3. The molecule has 1 aliphatic heterocycles. The lowest BCUT2D eigenvalue weighted by Gasteiger charge is -2.31. The summed E-state index contributed by atoms with van der Waals surface area (Å²) in [5, 5.41) is 19.1. The van der Waals surface area contributed by atoms with E-state index in [4.69, 9.17) is 15.2 Å². The number of nitrogens with one attached hydrogen (secondary N) is 1. The third kappa shape index (κ3) is 4.64. The van der Waals surface area contributed by atoms with Crippen LogP contribution < -0.4 is 20.5 Å². The van der Waals surface area contributed by atoms with Crippen LogP contribution >= 0.6 is 0 Å². The molecule has 49 heavy (non-hydrogen) atoms. The first-order valence-electron chi connectivity index (χ1n) is 15.3. The standard InChI is InChI=1S/C33H27F5N6O5/c1-48-22-10-17(8-18-13-44(19-4-5-19)42-25(18)22)28(45)40-14-32(47,33(36,37)38)23-11-20-27(49-24-12-31(20,24)29(39)46)26(41-23)16-3-2-15-6-7-43(30(34)35)21(15)9-16/h2-3,6-11,13,19,24,30,47H,4-5,12,14H2,1H3,(H2,39,46)(H,40,45)/t24?,31-,32?/m1/s1. The minimum atomic E-state index is -5.40. The molecular formula is C33H27F5N6O5. The number of hydrogen-bond donors (Lipinski definition) is 3. The molecule has 2 unspecified atom stereocenters. The van der Waals surface area contributed by atoms with Gasteiger partial charge in [-0.15, -0.1) is 0 Å². The number of benzene rings is 2. The van der Waals surface area contributed by atoms with Gasteiger partial charge in [0.2, 0.25) is 11.5 Å². The molecule has 4 heterocycles. The van der Waals surface area contributed by atoms with Crippen molar-refractivity contribution < 1.29 is 46.1 Å². The molecule has 2 aromatic carbocycles. The summed E-state index contributed by atoms with van der Waals surface area (Å²) < 4.78 is 86.0. The van der Waals surface area contributed by atoms with E-state index in [0.29, 0.717) is 20.9 Å². The Kier molecular flexibility index (Phi) is 6.57. The van der Waals surface area contributed by atoms with Crippen LogP contribution in [0.1, 0.15) is 53.5 Å². The number of aromatic nitrogens is 4. The number of alkyl halides is 5. The van der Waals surface area contributed by atoms with E-state index in [-0.39, 0.29) is 51.9 Å². The molecule has 2 amide bonds. The molecule has 0 bridgehead atoms. The van der Waals surface area contributed by atoms with E-state index in [1.807, 2.05) is 0 Å². The summed E-state index contributed by atoms with van der Waals surface area (Å²) in [4.78, 5) is 30.1. The van der Waals surface area contributed by atoms with E-state index in [2.05, 4.69) is 15.4 Å². The summed E-state index contributed by atoms with van der Waals surface area (Å²) in [5.74, 6) is -1.60. The topological polar surface area (TPSA) is 147 Å². The van der Waals surface area contributed by atoms with E-state index in [1.54, 1.807) is 10.9 Å². The molecule has 8 rings (SSSR count). The Balaban J connectivity index is 1.20. The van der Waals surface area contributed by atoms with Gasteiger partial charge in [-0.3, -0.25) is 18.8 Å². The van der Waals surface area contributed by atoms with Gasteiger partial charge in [0, 0.05) is 40.9 Å². The second kappa shape index (κ2) is 10.4. The minimum Gasteiger partial charge on any atom is -0.494 e. The van der Waals surface area contributed by atoms with E-state index in [9.17, 15) is 36.6 Å². The van der Waals surface area contributed by atoms with Crippen LogP contribution in [0.2, 0.25) is 0 Å². The number of carbonyl (C=O) groups excluding carboxylic acids is 2. The monoisotopic (exact) mass is 682 g/mol. The molecule has 254 valence electrons. The Hall–Kier alpha value is -5.25. The van der Waals surface area contributed by atoms with Crippen LogP contribution in [0, 0.1) is 0 Å². The zero-order chi connectivity index (χ0) is 34.6. The maximum Gasteiger partial charge on any atom is 0.424 e. The number of fused-ring (bicyclic) bond motifs is 5. The Bertz CT molecular complexity index is 2210. The van der Waals surface area contributed by atoms with Gasteiger partial charge in [-0.25, -0.2) is 4.98 Å². The van der Waals surface area contributed by atoms with Crippen molar-refractivity contribution in [3.63, 3.8) is 0 Å². The average Bonchev–Trinajstić information content (AvgIpc) is 3.91. The number of primary amides is 1. The van der Waals surface area contributed by atoms with Crippen molar-refractivity contribution in [2.75, 3.05) is 13.7 Å². The van der Waals surface area contributed by atoms with Crippen LogP contribution in [0.15, 0.2) is 54.9 Å². The Morgan fingerprint density at radius 3 is 2.61 bits per heavy atom. The maximum atomic E-state index is 14.9. The normalized spacial score (nSPS) is 20.9. The Labute approximate surface area is 273 Å². The van der Waals surface area contributed by atoms with Gasteiger partial charge in [-0.2, -0.15) is 27.1 Å². The molecule has 2 fully saturated rings. The number of hydrogen-bond acceptors (Lipinski definition) is 7. The van der Waals surface area contributed by atoms with Crippen LogP contribution in [-0.4, -0.2) is 62.2 Å². The number of methoxy groups -OCH3 is 1. The van der Waals surface area contributed by atoms with Crippen LogP contribution in [0.5, 0.6) is 11.5 Å². The molecule has 3 aliphatic rings. The van der Waals surface area contributed by atoms with E-state index in [0.717, 1.165) is 18.9 Å². The van der Waals surface area contributed by atoms with Crippen molar-refractivity contribution in [3.8, 4) is 22.8 Å². The molecule has 3 atom stereocenters. The highest BCUT2D eigenvalue weighted by Gasteiger charge is 2.69. The summed E-state index contributed by atoms with van der Waals surface area (Å²) in [6, 6.07) is 9.64. The molecule has 5 aromatic rings. The number of nitrogens with two attached hydrogens (primary N) is 1. The maximum absolute atomic E-state index is 14.9. The number of amides is 2. The SMILES string of the molecule is COc1cc(C(=O)NCC(O)(c2cc3c(c(-c4ccc5ccn(C(F)F)c5c4)n2)OC2C[C@@]32C(N)=O)C(F)(F)F)cc2cn(C3CC3)nc12. The van der Waals surface area contributed by atoms with Gasteiger partial charge in [-0.1, -0.05) is 12.1 Å².